The van der Waals surface area contributed by atoms with Gasteiger partial charge in [0.15, 0.2) is 5.96 Å². The van der Waals surface area contributed by atoms with E-state index in [4.69, 9.17) is 16.3 Å². The zero-order valence-electron chi connectivity index (χ0n) is 13.1. The number of nitrogens with zero attached hydrogens (tertiary/aromatic N) is 1. The van der Waals surface area contributed by atoms with Crippen LogP contribution in [0.25, 0.3) is 0 Å². The van der Waals surface area contributed by atoms with Crippen molar-refractivity contribution in [2.45, 2.75) is 12.8 Å². The van der Waals surface area contributed by atoms with E-state index in [1.165, 1.54) is 12.2 Å². The minimum Gasteiger partial charge on any atom is -0.492 e. The lowest BCUT2D eigenvalue weighted by Crippen LogP contribution is -2.39. The number of benzene rings is 1. The molecule has 0 aliphatic carbocycles. The van der Waals surface area contributed by atoms with Gasteiger partial charge in [-0.05, 0) is 49.1 Å². The minimum atomic E-state index is 0. The topological polar surface area (TPSA) is 45.7 Å². The number of ether oxygens (including phenoxy) is 1. The first-order valence-electron chi connectivity index (χ1n) is 7.08. The van der Waals surface area contributed by atoms with Crippen molar-refractivity contribution in [3.05, 3.63) is 29.3 Å². The monoisotopic (exact) mass is 457 g/mol. The molecule has 0 fully saturated rings. The summed E-state index contributed by atoms with van der Waals surface area (Å²) < 4.78 is 5.61. The van der Waals surface area contributed by atoms with Crippen LogP contribution < -0.4 is 15.4 Å². The number of rotatable bonds is 9. The molecule has 126 valence electrons. The summed E-state index contributed by atoms with van der Waals surface area (Å²) >= 11 is 7.70. The third-order valence-electron chi connectivity index (χ3n) is 2.77. The predicted octanol–water partition coefficient (Wildman–Crippen LogP) is 3.65. The number of thioether (sulfide) groups is 1. The van der Waals surface area contributed by atoms with Gasteiger partial charge in [-0.15, -0.1) is 24.0 Å². The average molecular weight is 458 g/mol. The van der Waals surface area contributed by atoms with Crippen molar-refractivity contribution in [2.24, 2.45) is 4.99 Å². The fourth-order valence-electron chi connectivity index (χ4n) is 1.67. The third-order valence-corrected chi connectivity index (χ3v) is 3.72. The van der Waals surface area contributed by atoms with Crippen molar-refractivity contribution in [3.63, 3.8) is 0 Å². The Labute approximate surface area is 159 Å². The molecule has 1 aromatic carbocycles. The summed E-state index contributed by atoms with van der Waals surface area (Å²) in [6.07, 6.45) is 4.52. The molecular weight excluding hydrogens is 433 g/mol. The van der Waals surface area contributed by atoms with Gasteiger partial charge in [0, 0.05) is 18.6 Å². The van der Waals surface area contributed by atoms with E-state index in [0.29, 0.717) is 18.2 Å². The summed E-state index contributed by atoms with van der Waals surface area (Å²) in [5.41, 5.74) is 0. The molecule has 0 heterocycles. The Morgan fingerprint density at radius 3 is 2.50 bits per heavy atom. The van der Waals surface area contributed by atoms with Crippen LogP contribution in [0, 0.1) is 0 Å². The molecule has 0 aliphatic heterocycles. The largest absolute Gasteiger partial charge is 0.492 e. The van der Waals surface area contributed by atoms with Crippen LogP contribution in [0.15, 0.2) is 29.3 Å². The van der Waals surface area contributed by atoms with Crippen LogP contribution in [0.5, 0.6) is 5.75 Å². The molecule has 0 aromatic heterocycles. The maximum atomic E-state index is 5.82. The average Bonchev–Trinajstić information content (AvgIpc) is 2.51. The van der Waals surface area contributed by atoms with Crippen LogP contribution in [0.1, 0.15) is 12.8 Å². The summed E-state index contributed by atoms with van der Waals surface area (Å²) in [4.78, 5) is 4.18. The molecule has 4 nitrogen and oxygen atoms in total. The van der Waals surface area contributed by atoms with Crippen molar-refractivity contribution in [1.29, 1.82) is 0 Å². The first-order chi connectivity index (χ1) is 10.3. The van der Waals surface area contributed by atoms with Crippen molar-refractivity contribution in [2.75, 3.05) is 38.8 Å². The van der Waals surface area contributed by atoms with Gasteiger partial charge >= 0.3 is 0 Å². The Balaban J connectivity index is 0.00000441. The van der Waals surface area contributed by atoms with Crippen molar-refractivity contribution in [3.8, 4) is 5.75 Å². The van der Waals surface area contributed by atoms with Gasteiger partial charge in [0.05, 0.1) is 6.54 Å². The number of hydrogen-bond donors (Lipinski definition) is 2. The maximum Gasteiger partial charge on any atom is 0.191 e. The van der Waals surface area contributed by atoms with Crippen LogP contribution in [0.3, 0.4) is 0 Å². The molecule has 1 rings (SSSR count). The molecule has 22 heavy (non-hydrogen) atoms. The highest BCUT2D eigenvalue weighted by atomic mass is 127. The van der Waals surface area contributed by atoms with E-state index in [9.17, 15) is 0 Å². The summed E-state index contributed by atoms with van der Waals surface area (Å²) in [6.45, 7) is 2.22. The van der Waals surface area contributed by atoms with E-state index in [-0.39, 0.29) is 24.0 Å². The Hall–Kier alpha value is -0.340. The second-order valence-electron chi connectivity index (χ2n) is 4.43. The van der Waals surface area contributed by atoms with Gasteiger partial charge in [-0.2, -0.15) is 11.8 Å². The van der Waals surface area contributed by atoms with Gasteiger partial charge in [0.1, 0.15) is 12.4 Å². The number of aliphatic imine (C=N–C) groups is 1. The highest BCUT2D eigenvalue weighted by Crippen LogP contribution is 2.14. The van der Waals surface area contributed by atoms with Crippen LogP contribution in [-0.4, -0.2) is 44.7 Å². The van der Waals surface area contributed by atoms with Crippen molar-refractivity contribution < 1.29 is 4.74 Å². The zero-order valence-corrected chi connectivity index (χ0v) is 17.0. The zero-order chi connectivity index (χ0) is 15.3. The van der Waals surface area contributed by atoms with Gasteiger partial charge in [0.25, 0.3) is 0 Å². The standard InChI is InChI=1S/C15H24ClN3OS.HI/c1-17-15(18-9-3-4-12-21-2)19-10-11-20-14-7-5-13(16)6-8-14;/h5-8H,3-4,9-12H2,1-2H3,(H2,17,18,19);1H. The predicted molar refractivity (Wildman–Crippen MR) is 109 cm³/mol. The fourth-order valence-corrected chi connectivity index (χ4v) is 2.29. The molecule has 0 amide bonds. The van der Waals surface area contributed by atoms with Crippen LogP contribution in [0.4, 0.5) is 0 Å². The maximum absolute atomic E-state index is 5.82. The summed E-state index contributed by atoms with van der Waals surface area (Å²) in [5.74, 6) is 2.85. The quantitative estimate of drug-likeness (QED) is 0.257. The Bertz CT molecular complexity index is 418. The van der Waals surface area contributed by atoms with Crippen LogP contribution in [0.2, 0.25) is 5.02 Å². The Morgan fingerprint density at radius 1 is 1.18 bits per heavy atom. The number of hydrogen-bond acceptors (Lipinski definition) is 3. The number of unbranched alkanes of at least 4 members (excludes halogenated alkanes) is 1. The second-order valence-corrected chi connectivity index (χ2v) is 5.85. The lowest BCUT2D eigenvalue weighted by Gasteiger charge is -2.12. The normalized spacial score (nSPS) is 10.8. The molecule has 1 aromatic rings. The van der Waals surface area contributed by atoms with Gasteiger partial charge in [-0.3, -0.25) is 4.99 Å². The molecule has 0 atom stereocenters. The molecule has 0 spiro atoms. The second kappa shape index (κ2) is 14.3. The lowest BCUT2D eigenvalue weighted by molar-refractivity contribution is 0.322. The smallest absolute Gasteiger partial charge is 0.191 e. The van der Waals surface area contributed by atoms with Gasteiger partial charge in [0.2, 0.25) is 0 Å². The minimum absolute atomic E-state index is 0. The molecular formula is C15H25ClIN3OS. The molecule has 0 unspecified atom stereocenters. The third kappa shape index (κ3) is 10.4. The molecule has 0 bridgehead atoms. The SMILES string of the molecule is CN=C(NCCCCSC)NCCOc1ccc(Cl)cc1.I. The molecule has 0 saturated carbocycles. The summed E-state index contributed by atoms with van der Waals surface area (Å²) in [7, 11) is 1.78. The number of guanidine groups is 1. The number of halogens is 2. The van der Waals surface area contributed by atoms with Crippen molar-refractivity contribution >= 4 is 53.3 Å². The fraction of sp³-hybridized carbons (Fsp3) is 0.533. The van der Waals surface area contributed by atoms with Gasteiger partial charge in [-0.25, -0.2) is 0 Å². The van der Waals surface area contributed by atoms with E-state index in [0.717, 1.165) is 24.7 Å². The van der Waals surface area contributed by atoms with Crippen LogP contribution in [-0.2, 0) is 0 Å². The number of nitrogens with one attached hydrogen (secondary N) is 2. The van der Waals surface area contributed by atoms with Gasteiger partial charge in [-0.1, -0.05) is 11.6 Å². The van der Waals surface area contributed by atoms with E-state index < -0.39 is 0 Å². The Morgan fingerprint density at radius 2 is 1.86 bits per heavy atom. The van der Waals surface area contributed by atoms with E-state index in [1.54, 1.807) is 7.05 Å². The molecule has 7 heteroatoms. The summed E-state index contributed by atoms with van der Waals surface area (Å²) in [6, 6.07) is 7.36. The van der Waals surface area contributed by atoms with Gasteiger partial charge < -0.3 is 15.4 Å². The van der Waals surface area contributed by atoms with E-state index in [1.807, 2.05) is 36.0 Å². The van der Waals surface area contributed by atoms with E-state index >= 15 is 0 Å². The first kappa shape index (κ1) is 21.7. The van der Waals surface area contributed by atoms with Crippen molar-refractivity contribution in [1.82, 2.24) is 10.6 Å². The highest BCUT2D eigenvalue weighted by Gasteiger charge is 1.97. The molecule has 2 N–H and O–H groups in total. The molecule has 0 saturated heterocycles. The lowest BCUT2D eigenvalue weighted by atomic mass is 10.3. The molecule has 0 aliphatic rings. The Kier molecular flexibility index (Phi) is 14.0. The van der Waals surface area contributed by atoms with E-state index in [2.05, 4.69) is 21.9 Å². The van der Waals surface area contributed by atoms with Crippen LogP contribution >= 0.6 is 47.3 Å². The molecule has 0 radical (unpaired) electrons. The first-order valence-corrected chi connectivity index (χ1v) is 8.85. The highest BCUT2D eigenvalue weighted by molar-refractivity contribution is 14.0. The summed E-state index contributed by atoms with van der Waals surface area (Å²) in [5, 5.41) is 7.23.